The lowest BCUT2D eigenvalue weighted by Crippen LogP contribution is -2.55. The Balaban J connectivity index is 1.55. The number of aliphatic hydroxyl groups excluding tert-OH is 2. The van der Waals surface area contributed by atoms with Crippen LogP contribution in [-0.2, 0) is 17.6 Å². The van der Waals surface area contributed by atoms with Crippen LogP contribution in [0.25, 0.3) is 0 Å². The van der Waals surface area contributed by atoms with Gasteiger partial charge in [0, 0.05) is 31.6 Å². The van der Waals surface area contributed by atoms with E-state index in [9.17, 15) is 19.8 Å². The van der Waals surface area contributed by atoms with Crippen molar-refractivity contribution >= 4 is 40.4 Å². The number of carbonyl (C=O) groups is 2. The van der Waals surface area contributed by atoms with Gasteiger partial charge in [0.25, 0.3) is 5.91 Å². The maximum atomic E-state index is 13.3. The van der Waals surface area contributed by atoms with Gasteiger partial charge in [0.15, 0.2) is 0 Å². The second kappa shape index (κ2) is 8.88. The summed E-state index contributed by atoms with van der Waals surface area (Å²) in [7, 11) is 2.10. The first-order valence-electron chi connectivity index (χ1n) is 10.3. The van der Waals surface area contributed by atoms with Crippen LogP contribution in [0.3, 0.4) is 0 Å². The summed E-state index contributed by atoms with van der Waals surface area (Å²) >= 11 is 7.03. The van der Waals surface area contributed by atoms with E-state index in [1.807, 2.05) is 18.2 Å². The molecule has 0 saturated heterocycles. The maximum Gasteiger partial charge on any atom is 0.262 e. The van der Waals surface area contributed by atoms with Crippen molar-refractivity contribution in [2.24, 2.45) is 0 Å². The number of hydrogen-bond acceptors (Lipinski definition) is 6. The van der Waals surface area contributed by atoms with E-state index in [-0.39, 0.29) is 12.8 Å². The molecule has 2 aliphatic rings. The minimum absolute atomic E-state index is 0.0689. The van der Waals surface area contributed by atoms with Crippen molar-refractivity contribution in [2.45, 2.75) is 43.4 Å². The molecule has 31 heavy (non-hydrogen) atoms. The number of nitrogens with zero attached hydrogens (tertiary/aromatic N) is 1. The number of rotatable bonds is 4. The molecule has 0 bridgehead atoms. The van der Waals surface area contributed by atoms with Crippen LogP contribution in [0, 0.1) is 0 Å². The van der Waals surface area contributed by atoms with Crippen molar-refractivity contribution in [3.8, 4) is 0 Å². The highest BCUT2D eigenvalue weighted by Crippen LogP contribution is 2.33. The quantitative estimate of drug-likeness (QED) is 0.556. The highest BCUT2D eigenvalue weighted by molar-refractivity contribution is 7.18. The Bertz CT molecular complexity index is 985. The van der Waals surface area contributed by atoms with Gasteiger partial charge in [-0.05, 0) is 55.3 Å². The summed E-state index contributed by atoms with van der Waals surface area (Å²) in [5.41, 5.74) is 1.68. The van der Waals surface area contributed by atoms with Crippen molar-refractivity contribution in [1.82, 2.24) is 10.2 Å². The van der Waals surface area contributed by atoms with Gasteiger partial charge in [-0.25, -0.2) is 0 Å². The summed E-state index contributed by atoms with van der Waals surface area (Å²) < 4.78 is 0.464. The van der Waals surface area contributed by atoms with Crippen LogP contribution in [0.4, 0.5) is 5.69 Å². The summed E-state index contributed by atoms with van der Waals surface area (Å²) in [6.45, 7) is 1.95. The number of thiophene rings is 1. The van der Waals surface area contributed by atoms with E-state index in [0.29, 0.717) is 14.9 Å². The van der Waals surface area contributed by atoms with E-state index in [1.165, 1.54) is 11.1 Å². The number of hydrogen-bond donors (Lipinski definition) is 4. The number of aliphatic hydroxyl groups is 2. The fourth-order valence-electron chi connectivity index (χ4n) is 4.29. The Morgan fingerprint density at radius 3 is 2.42 bits per heavy atom. The second-order valence-electron chi connectivity index (χ2n) is 8.42. The average Bonchev–Trinajstić information content (AvgIpc) is 3.22. The monoisotopic (exact) mass is 463 g/mol. The molecule has 1 saturated carbocycles. The van der Waals surface area contributed by atoms with E-state index in [0.717, 1.165) is 37.3 Å². The predicted molar refractivity (Wildman–Crippen MR) is 121 cm³/mol. The molecule has 166 valence electrons. The van der Waals surface area contributed by atoms with Gasteiger partial charge in [-0.3, -0.25) is 9.59 Å². The SMILES string of the molecule is CN1CCc2ccc(NC(=O)C3(NC(=O)c4ccc(Cl)s4)CC(O)C(O)C3)cc2CC1. The second-order valence-corrected chi connectivity index (χ2v) is 10.1. The van der Waals surface area contributed by atoms with Gasteiger partial charge >= 0.3 is 0 Å². The Kier molecular flexibility index (Phi) is 6.37. The summed E-state index contributed by atoms with van der Waals surface area (Å²) in [6, 6.07) is 9.06. The molecule has 2 unspecified atom stereocenters. The number of anilines is 1. The molecular formula is C22H26ClN3O4S. The predicted octanol–water partition coefficient (Wildman–Crippen LogP) is 2.05. The van der Waals surface area contributed by atoms with Crippen molar-refractivity contribution in [1.29, 1.82) is 0 Å². The van der Waals surface area contributed by atoms with Crippen molar-refractivity contribution in [3.05, 3.63) is 50.7 Å². The molecule has 1 aromatic carbocycles. The van der Waals surface area contributed by atoms with Crippen LogP contribution in [-0.4, -0.2) is 64.8 Å². The van der Waals surface area contributed by atoms with Gasteiger partial charge in [0.2, 0.25) is 5.91 Å². The Morgan fingerprint density at radius 2 is 1.77 bits per heavy atom. The summed E-state index contributed by atoms with van der Waals surface area (Å²) in [5, 5.41) is 25.9. The van der Waals surface area contributed by atoms with Crippen LogP contribution in [0.5, 0.6) is 0 Å². The average molecular weight is 464 g/mol. The van der Waals surface area contributed by atoms with E-state index in [2.05, 4.69) is 22.6 Å². The molecule has 1 fully saturated rings. The van der Waals surface area contributed by atoms with Crippen molar-refractivity contribution < 1.29 is 19.8 Å². The number of amides is 2. The minimum Gasteiger partial charge on any atom is -0.390 e. The van der Waals surface area contributed by atoms with Crippen LogP contribution in [0.2, 0.25) is 4.34 Å². The molecule has 2 aromatic rings. The molecule has 1 aliphatic heterocycles. The highest BCUT2D eigenvalue weighted by atomic mass is 35.5. The molecule has 9 heteroatoms. The van der Waals surface area contributed by atoms with Crippen LogP contribution >= 0.6 is 22.9 Å². The molecule has 7 nitrogen and oxygen atoms in total. The van der Waals surface area contributed by atoms with E-state index >= 15 is 0 Å². The number of halogens is 1. The molecule has 0 radical (unpaired) electrons. The highest BCUT2D eigenvalue weighted by Gasteiger charge is 2.50. The normalized spacial score (nSPS) is 26.2. The summed E-state index contributed by atoms with van der Waals surface area (Å²) in [4.78, 5) is 28.7. The summed E-state index contributed by atoms with van der Waals surface area (Å²) in [6.07, 6.45) is -0.474. The largest absolute Gasteiger partial charge is 0.390 e. The lowest BCUT2D eigenvalue weighted by atomic mass is 9.95. The first-order valence-corrected chi connectivity index (χ1v) is 11.5. The standard InChI is InChI=1S/C22H26ClN3O4S/c1-26-8-6-13-2-3-15(10-14(13)7-9-26)24-21(30)22(11-16(27)17(28)12-22)25-20(29)18-4-5-19(23)31-18/h2-5,10,16-17,27-28H,6-9,11-12H2,1H3,(H,24,30)(H,25,29). The fraction of sp³-hybridized carbons (Fsp3) is 0.455. The fourth-order valence-corrected chi connectivity index (χ4v) is 5.23. The van der Waals surface area contributed by atoms with Gasteiger partial charge in [0.05, 0.1) is 21.4 Å². The van der Waals surface area contributed by atoms with Crippen LogP contribution < -0.4 is 10.6 Å². The number of nitrogens with one attached hydrogen (secondary N) is 2. The Morgan fingerprint density at radius 1 is 1.10 bits per heavy atom. The molecule has 1 aliphatic carbocycles. The smallest absolute Gasteiger partial charge is 0.262 e. The molecular weight excluding hydrogens is 438 g/mol. The van der Waals surface area contributed by atoms with E-state index in [1.54, 1.807) is 12.1 Å². The third kappa shape index (κ3) is 4.78. The van der Waals surface area contributed by atoms with Gasteiger partial charge in [0.1, 0.15) is 5.54 Å². The number of benzene rings is 1. The topological polar surface area (TPSA) is 102 Å². The molecule has 2 atom stereocenters. The minimum atomic E-state index is -1.42. The molecule has 2 amide bonds. The third-order valence-corrected chi connectivity index (χ3v) is 7.36. The van der Waals surface area contributed by atoms with Gasteiger partial charge in [-0.2, -0.15) is 0 Å². The number of fused-ring (bicyclic) bond motifs is 1. The van der Waals surface area contributed by atoms with Crippen molar-refractivity contribution in [2.75, 3.05) is 25.5 Å². The van der Waals surface area contributed by atoms with Gasteiger partial charge < -0.3 is 25.7 Å². The molecule has 2 heterocycles. The maximum absolute atomic E-state index is 13.3. The lowest BCUT2D eigenvalue weighted by molar-refractivity contribution is -0.122. The van der Waals surface area contributed by atoms with E-state index in [4.69, 9.17) is 11.6 Å². The van der Waals surface area contributed by atoms with Gasteiger partial charge in [-0.1, -0.05) is 17.7 Å². The summed E-state index contributed by atoms with van der Waals surface area (Å²) in [5.74, 6) is -0.914. The zero-order valence-corrected chi connectivity index (χ0v) is 18.8. The molecule has 4 rings (SSSR count). The van der Waals surface area contributed by atoms with Crippen LogP contribution in [0.1, 0.15) is 33.6 Å². The third-order valence-electron chi connectivity index (χ3n) is 6.13. The Hall–Kier alpha value is -1.97. The van der Waals surface area contributed by atoms with Gasteiger partial charge in [-0.15, -0.1) is 11.3 Å². The van der Waals surface area contributed by atoms with Crippen LogP contribution in [0.15, 0.2) is 30.3 Å². The zero-order chi connectivity index (χ0) is 22.2. The first kappa shape index (κ1) is 22.2. The van der Waals surface area contributed by atoms with E-state index < -0.39 is 29.6 Å². The molecule has 4 N–H and O–H groups in total. The lowest BCUT2D eigenvalue weighted by Gasteiger charge is -2.29. The molecule has 1 aromatic heterocycles. The first-order chi connectivity index (χ1) is 14.8. The number of likely N-dealkylation sites (N-methyl/N-ethyl adjacent to an activating group) is 1. The Labute approximate surface area is 190 Å². The number of carbonyl (C=O) groups excluding carboxylic acids is 2. The molecule has 0 spiro atoms. The van der Waals surface area contributed by atoms with Crippen molar-refractivity contribution in [3.63, 3.8) is 0 Å². The zero-order valence-electron chi connectivity index (χ0n) is 17.2.